The number of amides is 1. The molecule has 0 aliphatic rings. The van der Waals surface area contributed by atoms with E-state index in [1.165, 1.54) is 24.3 Å². The summed E-state index contributed by atoms with van der Waals surface area (Å²) in [4.78, 5) is 18.8. The van der Waals surface area contributed by atoms with Crippen LogP contribution in [0, 0.1) is 17.6 Å². The third-order valence-electron chi connectivity index (χ3n) is 5.01. The lowest BCUT2D eigenvalue weighted by atomic mass is 10.1. The summed E-state index contributed by atoms with van der Waals surface area (Å²) in [6, 6.07) is 9.11. The molecule has 0 atom stereocenters. The number of amidine groups is 2. The molecule has 36 heavy (non-hydrogen) atoms. The van der Waals surface area contributed by atoms with Gasteiger partial charge in [-0.1, -0.05) is 32.9 Å². The van der Waals surface area contributed by atoms with Gasteiger partial charge in [0.15, 0.2) is 0 Å². The molecule has 0 spiro atoms. The zero-order valence-corrected chi connectivity index (χ0v) is 21.7. The van der Waals surface area contributed by atoms with Crippen molar-refractivity contribution in [3.8, 4) is 0 Å². The lowest BCUT2D eigenvalue weighted by Crippen LogP contribution is -2.18. The van der Waals surface area contributed by atoms with Gasteiger partial charge < -0.3 is 22.1 Å². The number of anilines is 2. The largest absolute Gasteiger partial charge is 0.388 e. The smallest absolute Gasteiger partial charge is 0.211 e. The summed E-state index contributed by atoms with van der Waals surface area (Å²) in [6.07, 6.45) is 4.61. The molecule has 194 valence electrons. The first-order chi connectivity index (χ1) is 17.1. The minimum atomic E-state index is -0.412. The highest BCUT2D eigenvalue weighted by atomic mass is 19.1. The van der Waals surface area contributed by atoms with Gasteiger partial charge in [-0.15, -0.1) is 0 Å². The molecule has 2 aromatic rings. The fraction of sp³-hybridized carbons (Fsp3) is 0.296. The number of hydrogen-bond donors (Lipinski definition) is 4. The third kappa shape index (κ3) is 8.98. The summed E-state index contributed by atoms with van der Waals surface area (Å²) >= 11 is 0. The Labute approximate surface area is 212 Å². The van der Waals surface area contributed by atoms with E-state index in [1.54, 1.807) is 38.3 Å². The average Bonchev–Trinajstić information content (AvgIpc) is 2.87. The number of carbonyl (C=O) groups is 1. The van der Waals surface area contributed by atoms with Crippen LogP contribution in [0.25, 0.3) is 11.4 Å². The molecule has 0 unspecified atom stereocenters. The van der Waals surface area contributed by atoms with E-state index in [2.05, 4.69) is 20.6 Å². The molecular formula is C27H36F2N6O. The minimum absolute atomic E-state index is 0.0781. The number of allylic oxidation sites excluding steroid dienone is 2. The quantitative estimate of drug-likeness (QED) is 0.200. The van der Waals surface area contributed by atoms with Crippen LogP contribution in [0.4, 0.5) is 20.2 Å². The van der Waals surface area contributed by atoms with Crippen molar-refractivity contribution in [1.82, 2.24) is 0 Å². The van der Waals surface area contributed by atoms with Crippen molar-refractivity contribution >= 4 is 40.9 Å². The van der Waals surface area contributed by atoms with Gasteiger partial charge in [0.05, 0.1) is 17.2 Å². The maximum atomic E-state index is 13.8. The van der Waals surface area contributed by atoms with Gasteiger partial charge in [0, 0.05) is 41.9 Å². The van der Waals surface area contributed by atoms with Crippen LogP contribution in [-0.4, -0.2) is 25.1 Å². The Morgan fingerprint density at radius 2 is 1.44 bits per heavy atom. The molecule has 0 aliphatic carbocycles. The predicted octanol–water partition coefficient (Wildman–Crippen LogP) is 5.76. The van der Waals surface area contributed by atoms with Crippen LogP contribution in [0.1, 0.15) is 52.2 Å². The summed E-state index contributed by atoms with van der Waals surface area (Å²) in [6.45, 7) is 9.30. The molecule has 0 bridgehead atoms. The second-order valence-electron chi connectivity index (χ2n) is 7.90. The van der Waals surface area contributed by atoms with Crippen molar-refractivity contribution in [3.05, 3.63) is 71.3 Å². The van der Waals surface area contributed by atoms with Crippen molar-refractivity contribution in [2.45, 2.75) is 41.0 Å². The molecule has 0 aliphatic heterocycles. The van der Waals surface area contributed by atoms with Crippen LogP contribution in [-0.2, 0) is 4.79 Å². The molecule has 6 N–H and O–H groups in total. The molecule has 2 aromatic carbocycles. The van der Waals surface area contributed by atoms with Crippen molar-refractivity contribution in [1.29, 1.82) is 0 Å². The van der Waals surface area contributed by atoms with Crippen LogP contribution in [0.15, 0.2) is 58.5 Å². The molecule has 1 amide bonds. The van der Waals surface area contributed by atoms with E-state index in [0.717, 1.165) is 5.69 Å². The lowest BCUT2D eigenvalue weighted by molar-refractivity contribution is -0.105. The first kappa shape index (κ1) is 30.0. The monoisotopic (exact) mass is 498 g/mol. The van der Waals surface area contributed by atoms with Gasteiger partial charge >= 0.3 is 0 Å². The number of nitrogens with one attached hydrogen (secondary N) is 2. The Kier molecular flexibility index (Phi) is 12.6. The second kappa shape index (κ2) is 15.1. The van der Waals surface area contributed by atoms with E-state index in [-0.39, 0.29) is 11.7 Å². The van der Waals surface area contributed by atoms with Crippen LogP contribution in [0.3, 0.4) is 0 Å². The fourth-order valence-electron chi connectivity index (χ4n) is 2.82. The third-order valence-corrected chi connectivity index (χ3v) is 5.01. The summed E-state index contributed by atoms with van der Waals surface area (Å²) in [5, 5.41) is 5.44. The summed E-state index contributed by atoms with van der Waals surface area (Å²) in [5.74, 6) is 0.289. The molecule has 2 rings (SSSR count). The number of halogens is 2. The number of benzene rings is 2. The SMILES string of the molecule is C/C=C(\N=C(N)C(C)C)c1cc(NC=O)ccc1F.C/C=C(\N=C(N)CC)c1cc(NC)ccc1F. The van der Waals surface area contributed by atoms with E-state index in [4.69, 9.17) is 11.5 Å². The highest BCUT2D eigenvalue weighted by molar-refractivity contribution is 5.89. The van der Waals surface area contributed by atoms with Gasteiger partial charge in [0.1, 0.15) is 17.5 Å². The Morgan fingerprint density at radius 1 is 0.944 bits per heavy atom. The van der Waals surface area contributed by atoms with Crippen molar-refractivity contribution in [2.24, 2.45) is 27.4 Å². The van der Waals surface area contributed by atoms with Gasteiger partial charge in [-0.25, -0.2) is 18.8 Å². The molecule has 0 saturated carbocycles. The Bertz CT molecular complexity index is 1150. The van der Waals surface area contributed by atoms with Crippen LogP contribution in [0.5, 0.6) is 0 Å². The van der Waals surface area contributed by atoms with Gasteiger partial charge in [0.25, 0.3) is 0 Å². The molecule has 0 radical (unpaired) electrons. The maximum absolute atomic E-state index is 13.8. The first-order valence-corrected chi connectivity index (χ1v) is 11.6. The van der Waals surface area contributed by atoms with Crippen molar-refractivity contribution < 1.29 is 13.6 Å². The molecule has 0 aromatic heterocycles. The number of nitrogens with two attached hydrogens (primary N) is 2. The van der Waals surface area contributed by atoms with Crippen LogP contribution < -0.4 is 22.1 Å². The highest BCUT2D eigenvalue weighted by Gasteiger charge is 2.10. The number of carbonyl (C=O) groups excluding carboxylic acids is 1. The number of hydrogen-bond acceptors (Lipinski definition) is 4. The fourth-order valence-corrected chi connectivity index (χ4v) is 2.82. The Hall–Kier alpha value is -4.01. The lowest BCUT2D eigenvalue weighted by Gasteiger charge is -2.09. The molecule has 7 nitrogen and oxygen atoms in total. The summed E-state index contributed by atoms with van der Waals surface area (Å²) in [5.41, 5.74) is 14.6. The van der Waals surface area contributed by atoms with Crippen LogP contribution >= 0.6 is 0 Å². The van der Waals surface area contributed by atoms with E-state index in [0.29, 0.717) is 52.7 Å². The van der Waals surface area contributed by atoms with E-state index >= 15 is 0 Å². The zero-order valence-electron chi connectivity index (χ0n) is 21.7. The number of aliphatic imine (C=N–C) groups is 2. The normalized spacial score (nSPS) is 12.7. The van der Waals surface area contributed by atoms with Gasteiger partial charge in [0.2, 0.25) is 6.41 Å². The Morgan fingerprint density at radius 3 is 1.89 bits per heavy atom. The molecule has 9 heteroatoms. The van der Waals surface area contributed by atoms with Gasteiger partial charge in [-0.2, -0.15) is 0 Å². The topological polar surface area (TPSA) is 118 Å². The number of rotatable bonds is 9. The van der Waals surface area contributed by atoms with Crippen molar-refractivity contribution in [2.75, 3.05) is 17.7 Å². The first-order valence-electron chi connectivity index (χ1n) is 11.6. The van der Waals surface area contributed by atoms with Crippen LogP contribution in [0.2, 0.25) is 0 Å². The predicted molar refractivity (Wildman–Crippen MR) is 148 cm³/mol. The minimum Gasteiger partial charge on any atom is -0.388 e. The zero-order chi connectivity index (χ0) is 27.3. The Balaban J connectivity index is 0.000000362. The van der Waals surface area contributed by atoms with E-state index in [9.17, 15) is 13.6 Å². The summed E-state index contributed by atoms with van der Waals surface area (Å²) in [7, 11) is 1.79. The van der Waals surface area contributed by atoms with Gasteiger partial charge in [-0.05, 0) is 50.2 Å². The van der Waals surface area contributed by atoms with E-state index in [1.807, 2.05) is 27.7 Å². The molecule has 0 heterocycles. The average molecular weight is 499 g/mol. The molecule has 0 fully saturated rings. The van der Waals surface area contributed by atoms with E-state index < -0.39 is 5.82 Å². The standard InChI is InChI=1S/C14H18FN3O.C13H18FN3/c1-4-13(18-14(16)9(2)3)11-7-10(17-8-19)5-6-12(11)15;1-4-12(17-13(15)5-2)10-8-9(16-3)6-7-11(10)14/h4-9H,1-3H3,(H2,16,18)(H,17,19);4,6-8,16H,5H2,1-3H3,(H2,15,17)/b13-4-;12-4-. The number of nitrogens with zero attached hydrogens (tertiary/aromatic N) is 2. The van der Waals surface area contributed by atoms with Crippen molar-refractivity contribution in [3.63, 3.8) is 0 Å². The summed E-state index contributed by atoms with van der Waals surface area (Å²) < 4.78 is 27.6. The maximum Gasteiger partial charge on any atom is 0.211 e. The van der Waals surface area contributed by atoms with Gasteiger partial charge in [-0.3, -0.25) is 4.79 Å². The molecular weight excluding hydrogens is 462 g/mol. The molecule has 0 saturated heterocycles. The highest BCUT2D eigenvalue weighted by Crippen LogP contribution is 2.24. The second-order valence-corrected chi connectivity index (χ2v) is 7.90.